The Balaban J connectivity index is 1.90. The minimum atomic E-state index is 0.0897. The van der Waals surface area contributed by atoms with Gasteiger partial charge >= 0.3 is 0 Å². The zero-order chi connectivity index (χ0) is 14.3. The fourth-order valence-electron chi connectivity index (χ4n) is 3.38. The van der Waals surface area contributed by atoms with Crippen molar-refractivity contribution >= 4 is 33.4 Å². The van der Waals surface area contributed by atoms with Crippen LogP contribution in [0.5, 0.6) is 5.75 Å². The third-order valence-corrected chi connectivity index (χ3v) is 5.36. The van der Waals surface area contributed by atoms with Crippen molar-refractivity contribution in [1.82, 2.24) is 4.90 Å². The largest absolute Gasteiger partial charge is 0.497 e. The SMILES string of the molecule is COc1ccc(Br)c(C(=O)N2C3CCC2CC(Cl)C3)c1. The van der Waals surface area contributed by atoms with Crippen LogP contribution in [-0.4, -0.2) is 35.4 Å². The monoisotopic (exact) mass is 357 g/mol. The van der Waals surface area contributed by atoms with Crippen molar-refractivity contribution in [2.75, 3.05) is 7.11 Å². The molecule has 2 fully saturated rings. The summed E-state index contributed by atoms with van der Waals surface area (Å²) in [6, 6.07) is 6.10. The number of alkyl halides is 1. The number of benzene rings is 1. The molecule has 1 amide bonds. The Morgan fingerprint density at radius 2 is 2.00 bits per heavy atom. The van der Waals surface area contributed by atoms with Crippen molar-refractivity contribution in [2.24, 2.45) is 0 Å². The van der Waals surface area contributed by atoms with Crippen molar-refractivity contribution in [3.8, 4) is 5.75 Å². The first-order valence-corrected chi connectivity index (χ1v) is 8.13. The fraction of sp³-hybridized carbons (Fsp3) is 0.533. The van der Waals surface area contributed by atoms with E-state index in [2.05, 4.69) is 15.9 Å². The normalized spacial score (nSPS) is 28.6. The van der Waals surface area contributed by atoms with Gasteiger partial charge in [0, 0.05) is 21.9 Å². The molecular formula is C15H17BrClNO2. The van der Waals surface area contributed by atoms with Crippen molar-refractivity contribution in [2.45, 2.75) is 43.1 Å². The molecule has 2 heterocycles. The number of hydrogen-bond acceptors (Lipinski definition) is 2. The lowest BCUT2D eigenvalue weighted by Gasteiger charge is -2.37. The number of carbonyl (C=O) groups is 1. The maximum Gasteiger partial charge on any atom is 0.255 e. The molecule has 3 nitrogen and oxygen atoms in total. The highest BCUT2D eigenvalue weighted by atomic mass is 79.9. The quantitative estimate of drug-likeness (QED) is 0.752. The first-order chi connectivity index (χ1) is 9.60. The Morgan fingerprint density at radius 1 is 1.35 bits per heavy atom. The lowest BCUT2D eigenvalue weighted by Crippen LogP contribution is -2.47. The van der Waals surface area contributed by atoms with Crippen LogP contribution in [0.1, 0.15) is 36.0 Å². The van der Waals surface area contributed by atoms with E-state index in [-0.39, 0.29) is 11.3 Å². The molecule has 1 aromatic carbocycles. The minimum Gasteiger partial charge on any atom is -0.497 e. The van der Waals surface area contributed by atoms with Gasteiger partial charge in [-0.1, -0.05) is 0 Å². The Morgan fingerprint density at radius 3 is 2.60 bits per heavy atom. The van der Waals surface area contributed by atoms with Crippen molar-refractivity contribution in [3.63, 3.8) is 0 Å². The molecule has 2 unspecified atom stereocenters. The topological polar surface area (TPSA) is 29.5 Å². The summed E-state index contributed by atoms with van der Waals surface area (Å²) in [7, 11) is 1.61. The molecule has 0 aromatic heterocycles. The van der Waals surface area contributed by atoms with Crippen LogP contribution in [0.3, 0.4) is 0 Å². The molecular weight excluding hydrogens is 342 g/mol. The van der Waals surface area contributed by atoms with Gasteiger partial charge in [0.1, 0.15) is 5.75 Å². The molecule has 2 aliphatic heterocycles. The molecule has 2 aliphatic rings. The van der Waals surface area contributed by atoms with Crippen LogP contribution in [0.2, 0.25) is 0 Å². The predicted octanol–water partition coefficient (Wildman–Crippen LogP) is 3.83. The molecule has 0 spiro atoms. The Kier molecular flexibility index (Phi) is 3.95. The molecule has 2 atom stereocenters. The van der Waals surface area contributed by atoms with E-state index in [4.69, 9.17) is 16.3 Å². The number of carbonyl (C=O) groups excluding carboxylic acids is 1. The highest BCUT2D eigenvalue weighted by Crippen LogP contribution is 2.39. The maximum atomic E-state index is 12.9. The second-order valence-electron chi connectivity index (χ2n) is 5.51. The van der Waals surface area contributed by atoms with E-state index in [0.717, 1.165) is 30.2 Å². The molecule has 0 radical (unpaired) electrons. The highest BCUT2D eigenvalue weighted by Gasteiger charge is 2.43. The maximum absolute atomic E-state index is 12.9. The average Bonchev–Trinajstić information content (AvgIpc) is 2.71. The fourth-order valence-corrected chi connectivity index (χ4v) is 4.20. The summed E-state index contributed by atoms with van der Waals surface area (Å²) in [6.45, 7) is 0. The molecule has 2 saturated heterocycles. The smallest absolute Gasteiger partial charge is 0.255 e. The summed E-state index contributed by atoms with van der Waals surface area (Å²) in [5, 5.41) is 0.213. The summed E-state index contributed by atoms with van der Waals surface area (Å²) in [4.78, 5) is 14.9. The molecule has 108 valence electrons. The van der Waals surface area contributed by atoms with E-state index < -0.39 is 0 Å². The second-order valence-corrected chi connectivity index (χ2v) is 6.98. The van der Waals surface area contributed by atoms with Crippen LogP contribution in [0, 0.1) is 0 Å². The Bertz CT molecular complexity index is 523. The number of halogens is 2. The van der Waals surface area contributed by atoms with E-state index >= 15 is 0 Å². The van der Waals surface area contributed by atoms with Crippen molar-refractivity contribution in [3.05, 3.63) is 28.2 Å². The van der Waals surface area contributed by atoms with Gasteiger partial charge in [0.25, 0.3) is 5.91 Å². The summed E-state index contributed by atoms with van der Waals surface area (Å²) in [5.74, 6) is 0.794. The number of nitrogens with zero attached hydrogens (tertiary/aromatic N) is 1. The lowest BCUT2D eigenvalue weighted by molar-refractivity contribution is 0.0598. The minimum absolute atomic E-state index is 0.0897. The van der Waals surface area contributed by atoms with Crippen LogP contribution in [-0.2, 0) is 0 Å². The van der Waals surface area contributed by atoms with Gasteiger partial charge in [0.2, 0.25) is 0 Å². The van der Waals surface area contributed by atoms with Gasteiger partial charge in [0.05, 0.1) is 12.7 Å². The van der Waals surface area contributed by atoms with Crippen molar-refractivity contribution in [1.29, 1.82) is 0 Å². The van der Waals surface area contributed by atoms with E-state index in [0.29, 0.717) is 23.4 Å². The van der Waals surface area contributed by atoms with Gasteiger partial charge in [-0.25, -0.2) is 0 Å². The average molecular weight is 359 g/mol. The summed E-state index contributed by atoms with van der Waals surface area (Å²) in [6.07, 6.45) is 3.96. The van der Waals surface area contributed by atoms with E-state index in [1.807, 2.05) is 17.0 Å². The zero-order valence-corrected chi connectivity index (χ0v) is 13.7. The van der Waals surface area contributed by atoms with Crippen LogP contribution >= 0.6 is 27.5 Å². The standard InChI is InChI=1S/C15H17BrClNO2/c1-20-12-4-5-14(16)13(8-12)15(19)18-10-2-3-11(18)7-9(17)6-10/h4-5,8-11H,2-3,6-7H2,1H3. The van der Waals surface area contributed by atoms with E-state index in [1.54, 1.807) is 13.2 Å². The summed E-state index contributed by atoms with van der Waals surface area (Å²) >= 11 is 9.74. The molecule has 3 rings (SSSR count). The molecule has 0 N–H and O–H groups in total. The van der Waals surface area contributed by atoms with Crippen LogP contribution in [0.4, 0.5) is 0 Å². The first kappa shape index (κ1) is 14.2. The molecule has 20 heavy (non-hydrogen) atoms. The summed E-state index contributed by atoms with van der Waals surface area (Å²) in [5.41, 5.74) is 0.675. The van der Waals surface area contributed by atoms with Crippen LogP contribution < -0.4 is 4.74 Å². The zero-order valence-electron chi connectivity index (χ0n) is 11.3. The van der Waals surface area contributed by atoms with Crippen LogP contribution in [0.15, 0.2) is 22.7 Å². The van der Waals surface area contributed by atoms with Gasteiger partial charge in [-0.3, -0.25) is 4.79 Å². The van der Waals surface area contributed by atoms with E-state index in [9.17, 15) is 4.79 Å². The summed E-state index contributed by atoms with van der Waals surface area (Å²) < 4.78 is 6.04. The third-order valence-electron chi connectivity index (χ3n) is 4.31. The number of ether oxygens (including phenoxy) is 1. The number of rotatable bonds is 2. The van der Waals surface area contributed by atoms with Crippen LogP contribution in [0.25, 0.3) is 0 Å². The molecule has 5 heteroatoms. The Labute approximate surface area is 132 Å². The number of fused-ring (bicyclic) bond motifs is 2. The number of methoxy groups -OCH3 is 1. The molecule has 1 aromatic rings. The highest BCUT2D eigenvalue weighted by molar-refractivity contribution is 9.10. The lowest BCUT2D eigenvalue weighted by atomic mass is 10.0. The van der Waals surface area contributed by atoms with Gasteiger partial charge in [-0.05, 0) is 59.8 Å². The van der Waals surface area contributed by atoms with Gasteiger partial charge in [-0.15, -0.1) is 11.6 Å². The van der Waals surface area contributed by atoms with Gasteiger partial charge in [-0.2, -0.15) is 0 Å². The number of piperidine rings is 1. The third kappa shape index (κ3) is 2.44. The van der Waals surface area contributed by atoms with E-state index in [1.165, 1.54) is 0 Å². The predicted molar refractivity (Wildman–Crippen MR) is 82.5 cm³/mol. The Hall–Kier alpha value is -0.740. The second kappa shape index (κ2) is 5.57. The molecule has 0 saturated carbocycles. The van der Waals surface area contributed by atoms with Crippen molar-refractivity contribution < 1.29 is 9.53 Å². The molecule has 0 aliphatic carbocycles. The number of hydrogen-bond donors (Lipinski definition) is 0. The first-order valence-electron chi connectivity index (χ1n) is 6.90. The van der Waals surface area contributed by atoms with Gasteiger partial charge < -0.3 is 9.64 Å². The number of amides is 1. The molecule has 2 bridgehead atoms. The van der Waals surface area contributed by atoms with Gasteiger partial charge in [0.15, 0.2) is 0 Å².